The zero-order valence-electron chi connectivity index (χ0n) is 10.6. The summed E-state index contributed by atoms with van der Waals surface area (Å²) >= 11 is 0. The summed E-state index contributed by atoms with van der Waals surface area (Å²) in [7, 11) is 0. The number of hydrogen-bond donors (Lipinski definition) is 2. The maximum atomic E-state index is 10.9. The Bertz CT molecular complexity index is 498. The van der Waals surface area contributed by atoms with E-state index in [4.69, 9.17) is 19.4 Å². The van der Waals surface area contributed by atoms with E-state index in [2.05, 4.69) is 5.73 Å². The van der Waals surface area contributed by atoms with Gasteiger partial charge >= 0.3 is 11.8 Å². The molecule has 0 bridgehead atoms. The SMILES string of the molecule is CCC[C@@H]([NH3+])c1cc(O)cc(=O)o1.O=C([O-])C(F)(F)F. The van der Waals surface area contributed by atoms with Crippen LogP contribution in [0.5, 0.6) is 5.75 Å². The van der Waals surface area contributed by atoms with Crippen molar-refractivity contribution in [2.24, 2.45) is 0 Å². The van der Waals surface area contributed by atoms with Gasteiger partial charge in [-0.15, -0.1) is 0 Å². The molecule has 4 N–H and O–H groups in total. The van der Waals surface area contributed by atoms with Gasteiger partial charge in [-0.3, -0.25) is 0 Å². The van der Waals surface area contributed by atoms with E-state index in [0.717, 1.165) is 18.9 Å². The third kappa shape index (κ3) is 6.78. The highest BCUT2D eigenvalue weighted by molar-refractivity contribution is 5.70. The van der Waals surface area contributed by atoms with Crippen LogP contribution in [-0.4, -0.2) is 17.3 Å². The lowest BCUT2D eigenvalue weighted by Gasteiger charge is -2.04. The van der Waals surface area contributed by atoms with Gasteiger partial charge in [-0.05, 0) is 0 Å². The van der Waals surface area contributed by atoms with Gasteiger partial charge in [0.25, 0.3) is 0 Å². The highest BCUT2D eigenvalue weighted by Crippen LogP contribution is 2.16. The number of aliphatic carboxylic acids is 1. The Morgan fingerprint density at radius 3 is 2.35 bits per heavy atom. The summed E-state index contributed by atoms with van der Waals surface area (Å²) in [4.78, 5) is 19.7. The topological polar surface area (TPSA) is 118 Å². The van der Waals surface area contributed by atoms with Crippen LogP contribution < -0.4 is 16.5 Å². The Balaban J connectivity index is 0.000000441. The molecule has 0 aliphatic carbocycles. The second-order valence-electron chi connectivity index (χ2n) is 3.81. The quantitative estimate of drug-likeness (QED) is 0.796. The highest BCUT2D eigenvalue weighted by Gasteiger charge is 2.28. The van der Waals surface area contributed by atoms with Crippen LogP contribution in [0.15, 0.2) is 21.3 Å². The van der Waals surface area contributed by atoms with E-state index < -0.39 is 17.8 Å². The number of carbonyl (C=O) groups excluding carboxylic acids is 1. The predicted molar refractivity (Wildman–Crippen MR) is 58.2 cm³/mol. The maximum Gasteiger partial charge on any atom is 0.430 e. The van der Waals surface area contributed by atoms with Gasteiger partial charge in [0.05, 0.1) is 6.07 Å². The molecule has 1 atom stereocenters. The molecule has 0 aliphatic rings. The molecule has 1 aromatic rings. The van der Waals surface area contributed by atoms with Gasteiger partial charge in [0.15, 0.2) is 5.76 Å². The van der Waals surface area contributed by atoms with Crippen LogP contribution in [0, 0.1) is 0 Å². The fraction of sp³-hybridized carbons (Fsp3) is 0.455. The minimum absolute atomic E-state index is 0.0593. The summed E-state index contributed by atoms with van der Waals surface area (Å²) in [5.74, 6) is -2.62. The molecular weight excluding hydrogens is 283 g/mol. The molecule has 0 radical (unpaired) electrons. The number of carboxylic acids is 1. The predicted octanol–water partition coefficient (Wildman–Crippen LogP) is -0.273. The molecule has 114 valence electrons. The maximum absolute atomic E-state index is 10.9. The summed E-state index contributed by atoms with van der Waals surface area (Å²) in [6.45, 7) is 2.03. The van der Waals surface area contributed by atoms with E-state index in [-0.39, 0.29) is 11.8 Å². The lowest BCUT2D eigenvalue weighted by Crippen LogP contribution is -2.53. The standard InChI is InChI=1S/C9H13NO3.C2HF3O2/c1-2-3-7(10)8-4-6(11)5-9(12)13-8;3-2(4,5)1(6)7/h4-5,7,11H,2-3,10H2,1H3;(H,6,7)/t7-;/m1./s1. The van der Waals surface area contributed by atoms with E-state index in [1.807, 2.05) is 6.92 Å². The Morgan fingerprint density at radius 1 is 1.50 bits per heavy atom. The summed E-state index contributed by atoms with van der Waals surface area (Å²) < 4.78 is 36.4. The number of quaternary nitrogens is 1. The Morgan fingerprint density at radius 2 is 2.00 bits per heavy atom. The van der Waals surface area contributed by atoms with Crippen molar-refractivity contribution >= 4 is 5.97 Å². The van der Waals surface area contributed by atoms with E-state index in [0.29, 0.717) is 5.76 Å². The molecule has 0 saturated carbocycles. The van der Waals surface area contributed by atoms with Crippen molar-refractivity contribution in [3.8, 4) is 5.75 Å². The van der Waals surface area contributed by atoms with Crippen molar-refractivity contribution in [1.29, 1.82) is 0 Å². The first-order valence-electron chi connectivity index (χ1n) is 5.53. The van der Waals surface area contributed by atoms with Crippen molar-refractivity contribution in [3.05, 3.63) is 28.3 Å². The van der Waals surface area contributed by atoms with Gasteiger partial charge in [-0.25, -0.2) is 4.79 Å². The molecule has 1 aromatic heterocycles. The summed E-state index contributed by atoms with van der Waals surface area (Å²) in [5, 5.41) is 17.9. The number of carbonyl (C=O) groups is 1. The van der Waals surface area contributed by atoms with Gasteiger partial charge in [0, 0.05) is 12.5 Å². The van der Waals surface area contributed by atoms with Gasteiger partial charge in [-0.2, -0.15) is 13.2 Å². The summed E-state index contributed by atoms with van der Waals surface area (Å²) in [6, 6.07) is 2.42. The van der Waals surface area contributed by atoms with Gasteiger partial charge in [0.1, 0.15) is 17.8 Å². The molecule has 0 aliphatic heterocycles. The first-order chi connectivity index (χ1) is 9.07. The number of aromatic hydroxyl groups is 1. The average molecular weight is 297 g/mol. The zero-order valence-corrected chi connectivity index (χ0v) is 10.6. The fourth-order valence-corrected chi connectivity index (χ4v) is 1.18. The lowest BCUT2D eigenvalue weighted by atomic mass is 10.1. The Labute approximate surface area is 111 Å². The van der Waals surface area contributed by atoms with Crippen LogP contribution in [0.4, 0.5) is 13.2 Å². The average Bonchev–Trinajstić information content (AvgIpc) is 2.27. The number of carboxylic acid groups (broad SMARTS) is 1. The van der Waals surface area contributed by atoms with Crippen LogP contribution in [0.3, 0.4) is 0 Å². The normalized spacial score (nSPS) is 12.2. The second-order valence-corrected chi connectivity index (χ2v) is 3.81. The van der Waals surface area contributed by atoms with Crippen LogP contribution in [0.2, 0.25) is 0 Å². The molecule has 0 amide bonds. The molecule has 9 heteroatoms. The first-order valence-corrected chi connectivity index (χ1v) is 5.53. The number of hydrogen-bond acceptors (Lipinski definition) is 5. The van der Waals surface area contributed by atoms with Crippen molar-refractivity contribution < 1.29 is 38.3 Å². The molecule has 6 nitrogen and oxygen atoms in total. The van der Waals surface area contributed by atoms with E-state index >= 15 is 0 Å². The minimum atomic E-state index is -5.19. The van der Waals surface area contributed by atoms with E-state index in [9.17, 15) is 18.0 Å². The lowest BCUT2D eigenvalue weighted by molar-refractivity contribution is -0.432. The van der Waals surface area contributed by atoms with Crippen LogP contribution in [-0.2, 0) is 4.79 Å². The molecular formula is C11H14F3NO5. The molecule has 20 heavy (non-hydrogen) atoms. The fourth-order valence-electron chi connectivity index (χ4n) is 1.18. The summed E-state index contributed by atoms with van der Waals surface area (Å²) in [5.41, 5.74) is 3.31. The Hall–Kier alpha value is -2.03. The zero-order chi connectivity index (χ0) is 15.9. The highest BCUT2D eigenvalue weighted by atomic mass is 19.4. The largest absolute Gasteiger partial charge is 0.542 e. The van der Waals surface area contributed by atoms with Crippen molar-refractivity contribution in [2.75, 3.05) is 0 Å². The summed E-state index contributed by atoms with van der Waals surface area (Å²) in [6.07, 6.45) is -3.39. The number of halogens is 3. The molecule has 0 saturated heterocycles. The monoisotopic (exact) mass is 297 g/mol. The van der Waals surface area contributed by atoms with E-state index in [1.165, 1.54) is 6.07 Å². The van der Waals surface area contributed by atoms with Crippen molar-refractivity contribution in [3.63, 3.8) is 0 Å². The Kier molecular flexibility index (Phi) is 6.77. The smallest absolute Gasteiger partial charge is 0.430 e. The second kappa shape index (κ2) is 7.53. The van der Waals surface area contributed by atoms with Crippen molar-refractivity contribution in [2.45, 2.75) is 32.0 Å². The first kappa shape index (κ1) is 18.0. The molecule has 0 spiro atoms. The molecule has 0 aromatic carbocycles. The van der Waals surface area contributed by atoms with Crippen molar-refractivity contribution in [1.82, 2.24) is 0 Å². The van der Waals surface area contributed by atoms with Crippen LogP contribution in [0.25, 0.3) is 0 Å². The number of rotatable bonds is 3. The molecule has 0 unspecified atom stereocenters. The third-order valence-corrected chi connectivity index (χ3v) is 2.05. The molecule has 0 fully saturated rings. The van der Waals surface area contributed by atoms with Crippen LogP contribution in [0.1, 0.15) is 31.6 Å². The third-order valence-electron chi connectivity index (χ3n) is 2.05. The molecule has 1 rings (SSSR count). The van der Waals surface area contributed by atoms with Crippen LogP contribution >= 0.6 is 0 Å². The minimum Gasteiger partial charge on any atom is -0.542 e. The van der Waals surface area contributed by atoms with Gasteiger partial charge < -0.3 is 25.2 Å². The van der Waals surface area contributed by atoms with E-state index in [1.54, 1.807) is 0 Å². The number of alkyl halides is 3. The van der Waals surface area contributed by atoms with Gasteiger partial charge in [-0.1, -0.05) is 13.3 Å². The van der Waals surface area contributed by atoms with Gasteiger partial charge in [0.2, 0.25) is 0 Å². The molecule has 1 heterocycles.